The summed E-state index contributed by atoms with van der Waals surface area (Å²) in [6.07, 6.45) is 15.7. The van der Waals surface area contributed by atoms with Crippen molar-refractivity contribution in [1.29, 1.82) is 0 Å². The molecule has 0 aliphatic carbocycles. The van der Waals surface area contributed by atoms with Crippen LogP contribution in [0.25, 0.3) is 0 Å². The zero-order chi connectivity index (χ0) is 11.2. The molecule has 0 heterocycles. The van der Waals surface area contributed by atoms with Crippen LogP contribution >= 0.6 is 0 Å². The highest BCUT2D eigenvalue weighted by molar-refractivity contribution is 4.49. The van der Waals surface area contributed by atoms with Crippen molar-refractivity contribution in [2.75, 3.05) is 6.61 Å². The second kappa shape index (κ2) is 14.0. The average Bonchev–Trinajstić information content (AvgIpc) is 2.26. The van der Waals surface area contributed by atoms with Gasteiger partial charge in [0.1, 0.15) is 0 Å². The van der Waals surface area contributed by atoms with E-state index in [1.807, 2.05) is 0 Å². The number of hydrogen-bond acceptors (Lipinski definition) is 1. The van der Waals surface area contributed by atoms with Crippen LogP contribution in [0.15, 0.2) is 0 Å². The van der Waals surface area contributed by atoms with Crippen LogP contribution in [-0.4, -0.2) is 11.7 Å². The van der Waals surface area contributed by atoms with Gasteiger partial charge >= 0.3 is 0 Å². The summed E-state index contributed by atoms with van der Waals surface area (Å²) in [6, 6.07) is 0. The maximum atomic E-state index is 8.61. The van der Waals surface area contributed by atoms with Gasteiger partial charge in [-0.2, -0.15) is 0 Å². The molecule has 0 atom stereocenters. The van der Waals surface area contributed by atoms with Crippen LogP contribution in [0.5, 0.6) is 0 Å². The lowest BCUT2D eigenvalue weighted by molar-refractivity contribution is 0.282. The summed E-state index contributed by atoms with van der Waals surface area (Å²) in [7, 11) is 0. The molecular formula is C14H29O. The third-order valence-corrected chi connectivity index (χ3v) is 2.91. The highest BCUT2D eigenvalue weighted by atomic mass is 16.2. The number of unbranched alkanes of at least 4 members (excludes halogenated alkanes) is 11. The summed E-state index contributed by atoms with van der Waals surface area (Å²) in [6.45, 7) is 4.22. The van der Waals surface area contributed by atoms with Crippen molar-refractivity contribution in [3.63, 3.8) is 0 Å². The number of hydrogen-bond donors (Lipinski definition) is 1. The van der Waals surface area contributed by atoms with Crippen molar-refractivity contribution in [2.24, 2.45) is 0 Å². The Labute approximate surface area is 96.3 Å². The Morgan fingerprint density at radius 3 is 1.20 bits per heavy atom. The monoisotopic (exact) mass is 213 g/mol. The van der Waals surface area contributed by atoms with Gasteiger partial charge < -0.3 is 5.11 Å². The topological polar surface area (TPSA) is 20.2 Å². The molecule has 1 nitrogen and oxygen atoms in total. The summed E-state index contributed by atoms with van der Waals surface area (Å²) >= 11 is 0. The van der Waals surface area contributed by atoms with Crippen molar-refractivity contribution >= 4 is 0 Å². The summed E-state index contributed by atoms with van der Waals surface area (Å²) in [5.74, 6) is 0. The summed E-state index contributed by atoms with van der Waals surface area (Å²) in [5, 5.41) is 8.61. The molecule has 0 saturated carbocycles. The number of aliphatic hydroxyl groups excluding tert-OH is 1. The Bertz CT molecular complexity index is 89.5. The van der Waals surface area contributed by atoms with E-state index < -0.39 is 0 Å². The van der Waals surface area contributed by atoms with E-state index in [4.69, 9.17) is 5.11 Å². The van der Waals surface area contributed by atoms with Gasteiger partial charge in [0.2, 0.25) is 0 Å². The van der Waals surface area contributed by atoms with E-state index in [2.05, 4.69) is 6.92 Å². The van der Waals surface area contributed by atoms with E-state index in [1.165, 1.54) is 64.2 Å². The molecule has 0 aliphatic heterocycles. The Kier molecular flexibility index (Phi) is 13.9. The van der Waals surface area contributed by atoms with Gasteiger partial charge in [0.25, 0.3) is 0 Å². The molecular weight excluding hydrogens is 184 g/mol. The molecule has 1 heteroatoms. The fourth-order valence-electron chi connectivity index (χ4n) is 1.88. The molecule has 0 aromatic heterocycles. The second-order valence-corrected chi connectivity index (χ2v) is 4.47. The third kappa shape index (κ3) is 14.0. The minimum absolute atomic E-state index is 0.367. The molecule has 91 valence electrons. The molecule has 0 unspecified atom stereocenters. The van der Waals surface area contributed by atoms with Gasteiger partial charge in [-0.3, -0.25) is 0 Å². The highest BCUT2D eigenvalue weighted by Crippen LogP contribution is 2.11. The van der Waals surface area contributed by atoms with Crippen LogP contribution in [0.3, 0.4) is 0 Å². The molecule has 15 heavy (non-hydrogen) atoms. The van der Waals surface area contributed by atoms with Crippen molar-refractivity contribution in [3.05, 3.63) is 6.92 Å². The Morgan fingerprint density at radius 1 is 0.533 bits per heavy atom. The Balaban J connectivity index is 2.81. The molecule has 0 aromatic rings. The lowest BCUT2D eigenvalue weighted by Gasteiger charge is -2.01. The van der Waals surface area contributed by atoms with Crippen molar-refractivity contribution in [1.82, 2.24) is 0 Å². The first kappa shape index (κ1) is 15.0. The van der Waals surface area contributed by atoms with Crippen molar-refractivity contribution < 1.29 is 5.11 Å². The molecule has 0 bridgehead atoms. The zero-order valence-corrected chi connectivity index (χ0v) is 10.3. The predicted molar refractivity (Wildman–Crippen MR) is 67.8 cm³/mol. The first-order valence-electron chi connectivity index (χ1n) is 6.82. The number of rotatable bonds is 12. The lowest BCUT2D eigenvalue weighted by Crippen LogP contribution is -1.84. The van der Waals surface area contributed by atoms with Crippen molar-refractivity contribution in [3.8, 4) is 0 Å². The largest absolute Gasteiger partial charge is 0.396 e. The van der Waals surface area contributed by atoms with Gasteiger partial charge in [-0.05, 0) is 6.42 Å². The quantitative estimate of drug-likeness (QED) is 0.473. The van der Waals surface area contributed by atoms with Gasteiger partial charge in [-0.15, -0.1) is 0 Å². The molecule has 0 saturated heterocycles. The van der Waals surface area contributed by atoms with Crippen LogP contribution in [0, 0.1) is 6.92 Å². The molecule has 0 rings (SSSR count). The molecule has 0 amide bonds. The molecule has 1 radical (unpaired) electrons. The molecule has 0 spiro atoms. The Hall–Kier alpha value is -0.0400. The van der Waals surface area contributed by atoms with E-state index in [9.17, 15) is 0 Å². The normalized spacial score (nSPS) is 10.8. The fraction of sp³-hybridized carbons (Fsp3) is 0.929. The number of aliphatic hydroxyl groups is 1. The van der Waals surface area contributed by atoms with Gasteiger partial charge in [0.15, 0.2) is 0 Å². The first-order valence-corrected chi connectivity index (χ1v) is 6.82. The van der Waals surface area contributed by atoms with Crippen LogP contribution in [-0.2, 0) is 0 Å². The van der Waals surface area contributed by atoms with Gasteiger partial charge in [0.05, 0.1) is 0 Å². The molecule has 0 aromatic carbocycles. The van der Waals surface area contributed by atoms with E-state index >= 15 is 0 Å². The average molecular weight is 213 g/mol. The predicted octanol–water partition coefficient (Wildman–Crippen LogP) is 4.49. The maximum Gasteiger partial charge on any atom is 0.0431 e. The molecule has 0 aliphatic rings. The van der Waals surface area contributed by atoms with E-state index in [0.717, 1.165) is 12.8 Å². The van der Waals surface area contributed by atoms with Gasteiger partial charge in [0, 0.05) is 6.61 Å². The summed E-state index contributed by atoms with van der Waals surface area (Å²) < 4.78 is 0. The van der Waals surface area contributed by atoms with E-state index in [-0.39, 0.29) is 0 Å². The van der Waals surface area contributed by atoms with E-state index in [0.29, 0.717) is 6.61 Å². The lowest BCUT2D eigenvalue weighted by atomic mass is 10.1. The van der Waals surface area contributed by atoms with Gasteiger partial charge in [-0.25, -0.2) is 0 Å². The summed E-state index contributed by atoms with van der Waals surface area (Å²) in [4.78, 5) is 0. The Morgan fingerprint density at radius 2 is 0.867 bits per heavy atom. The van der Waals surface area contributed by atoms with Crippen LogP contribution in [0.4, 0.5) is 0 Å². The third-order valence-electron chi connectivity index (χ3n) is 2.91. The van der Waals surface area contributed by atoms with E-state index in [1.54, 1.807) is 0 Å². The van der Waals surface area contributed by atoms with Crippen LogP contribution in [0.2, 0.25) is 0 Å². The first-order chi connectivity index (χ1) is 7.41. The second-order valence-electron chi connectivity index (χ2n) is 4.47. The zero-order valence-electron chi connectivity index (χ0n) is 10.3. The standard InChI is InChI=1S/C14H29O/c1-2-3-4-5-6-7-8-9-10-11-12-13-14-15/h15H,1-14H2. The van der Waals surface area contributed by atoms with Crippen LogP contribution in [0.1, 0.15) is 77.0 Å². The van der Waals surface area contributed by atoms with Crippen LogP contribution < -0.4 is 0 Å². The smallest absolute Gasteiger partial charge is 0.0431 e. The SMILES string of the molecule is [CH2]CCCCCCCCCCCCCO. The fourth-order valence-corrected chi connectivity index (χ4v) is 1.88. The maximum absolute atomic E-state index is 8.61. The van der Waals surface area contributed by atoms with Crippen molar-refractivity contribution in [2.45, 2.75) is 77.0 Å². The molecule has 1 N–H and O–H groups in total. The minimum Gasteiger partial charge on any atom is -0.396 e. The minimum atomic E-state index is 0.367. The highest BCUT2D eigenvalue weighted by Gasteiger charge is 1.92. The molecule has 0 fully saturated rings. The van der Waals surface area contributed by atoms with Gasteiger partial charge in [-0.1, -0.05) is 77.6 Å². The summed E-state index contributed by atoms with van der Waals surface area (Å²) in [5.41, 5.74) is 0.